The van der Waals surface area contributed by atoms with Crippen molar-refractivity contribution in [3.63, 3.8) is 0 Å². The highest BCUT2D eigenvalue weighted by Gasteiger charge is 2.31. The summed E-state index contributed by atoms with van der Waals surface area (Å²) in [6.45, 7) is 6.09. The van der Waals surface area contributed by atoms with Crippen LogP contribution in [0.15, 0.2) is 30.3 Å². The summed E-state index contributed by atoms with van der Waals surface area (Å²) in [4.78, 5) is 18.9. The number of nitrogens with zero attached hydrogens (tertiary/aromatic N) is 2. The number of alkyl halides is 3. The van der Waals surface area contributed by atoms with Crippen LogP contribution in [0.5, 0.6) is 5.75 Å². The molecule has 3 heterocycles. The lowest BCUT2D eigenvalue weighted by Gasteiger charge is -2.32. The molecule has 0 fully saturated rings. The van der Waals surface area contributed by atoms with E-state index in [0.717, 1.165) is 47.0 Å². The zero-order valence-corrected chi connectivity index (χ0v) is 22.6. The van der Waals surface area contributed by atoms with Gasteiger partial charge in [0.05, 0.1) is 18.6 Å². The highest BCUT2D eigenvalue weighted by molar-refractivity contribution is 5.82. The molecular formula is C31H32F4N2O3. The average Bonchev–Trinajstić information content (AvgIpc) is 2.91. The number of halogens is 4. The standard InChI is InChI=1S/C31H32F4N2O3/c1-18-22-9-5-13-40-30(22)26(32)15-23(18)29-24(16-28(38)39)19(2)36-27-10-12-37(17-25(27)29)11-4-7-20-6-3-8-21(14-20)31(33,34)35/h3,6,8,14-15H,4-5,7,9-13,16-17H2,1-2H3,(H,38,39). The van der Waals surface area contributed by atoms with Crippen molar-refractivity contribution in [1.82, 2.24) is 9.88 Å². The van der Waals surface area contributed by atoms with Crippen molar-refractivity contribution >= 4 is 5.97 Å². The van der Waals surface area contributed by atoms with Crippen molar-refractivity contribution in [1.29, 1.82) is 0 Å². The van der Waals surface area contributed by atoms with Crippen molar-refractivity contribution in [2.24, 2.45) is 0 Å². The van der Waals surface area contributed by atoms with Gasteiger partial charge < -0.3 is 9.84 Å². The number of rotatable bonds is 7. The number of ether oxygens (including phenoxy) is 1. The minimum absolute atomic E-state index is 0.231. The molecule has 0 amide bonds. The Labute approximate surface area is 230 Å². The summed E-state index contributed by atoms with van der Waals surface area (Å²) in [5, 5.41) is 9.73. The molecule has 212 valence electrons. The Morgan fingerprint density at radius 3 is 2.70 bits per heavy atom. The smallest absolute Gasteiger partial charge is 0.416 e. The number of hydrogen-bond donors (Lipinski definition) is 1. The van der Waals surface area contributed by atoms with Crippen LogP contribution in [0.4, 0.5) is 17.6 Å². The van der Waals surface area contributed by atoms with E-state index in [1.54, 1.807) is 13.0 Å². The maximum Gasteiger partial charge on any atom is 0.416 e. The fourth-order valence-electron chi connectivity index (χ4n) is 6.00. The van der Waals surface area contributed by atoms with Gasteiger partial charge in [-0.1, -0.05) is 18.2 Å². The van der Waals surface area contributed by atoms with Crippen molar-refractivity contribution < 1.29 is 32.2 Å². The number of pyridine rings is 1. The lowest BCUT2D eigenvalue weighted by atomic mass is 9.84. The van der Waals surface area contributed by atoms with E-state index in [0.29, 0.717) is 67.8 Å². The lowest BCUT2D eigenvalue weighted by Crippen LogP contribution is -2.33. The summed E-state index contributed by atoms with van der Waals surface area (Å²) >= 11 is 0. The molecule has 3 aromatic rings. The third-order valence-electron chi connectivity index (χ3n) is 7.97. The van der Waals surface area contributed by atoms with Crippen molar-refractivity contribution in [3.8, 4) is 16.9 Å². The van der Waals surface area contributed by atoms with Crippen LogP contribution in [0.1, 0.15) is 57.6 Å². The Morgan fingerprint density at radius 1 is 1.15 bits per heavy atom. The Morgan fingerprint density at radius 2 is 1.95 bits per heavy atom. The SMILES string of the molecule is Cc1nc2c(c(-c3cc(F)c4c(c3C)CCCO4)c1CC(=O)O)CN(CCCc1cccc(C(F)(F)F)c1)CC2. The third kappa shape index (κ3) is 5.70. The largest absolute Gasteiger partial charge is 0.490 e. The number of carboxylic acid groups (broad SMARTS) is 1. The maximum absolute atomic E-state index is 15.3. The van der Waals surface area contributed by atoms with Crippen molar-refractivity contribution in [2.75, 3.05) is 19.7 Å². The quantitative estimate of drug-likeness (QED) is 0.338. The normalized spacial score (nSPS) is 15.3. The molecular weight excluding hydrogens is 524 g/mol. The average molecular weight is 557 g/mol. The van der Waals surface area contributed by atoms with Crippen LogP contribution in [-0.4, -0.2) is 40.7 Å². The molecule has 0 bridgehead atoms. The second kappa shape index (κ2) is 11.2. The van der Waals surface area contributed by atoms with E-state index in [9.17, 15) is 23.1 Å². The van der Waals surface area contributed by atoms with Gasteiger partial charge >= 0.3 is 12.1 Å². The molecule has 0 spiro atoms. The minimum Gasteiger partial charge on any atom is -0.490 e. The van der Waals surface area contributed by atoms with Gasteiger partial charge in [-0.2, -0.15) is 13.2 Å². The van der Waals surface area contributed by atoms with Crippen LogP contribution in [-0.2, 0) is 43.2 Å². The topological polar surface area (TPSA) is 62.7 Å². The lowest BCUT2D eigenvalue weighted by molar-refractivity contribution is -0.138. The number of aryl methyl sites for hydroxylation is 2. The number of benzene rings is 2. The fraction of sp³-hybridized carbons (Fsp3) is 0.419. The predicted molar refractivity (Wildman–Crippen MR) is 143 cm³/mol. The summed E-state index contributed by atoms with van der Waals surface area (Å²) in [5.74, 6) is -1.16. The molecule has 2 aromatic carbocycles. The van der Waals surface area contributed by atoms with Gasteiger partial charge in [0, 0.05) is 36.5 Å². The molecule has 9 heteroatoms. The van der Waals surface area contributed by atoms with E-state index in [-0.39, 0.29) is 12.2 Å². The van der Waals surface area contributed by atoms with E-state index < -0.39 is 23.5 Å². The summed E-state index contributed by atoms with van der Waals surface area (Å²) in [7, 11) is 0. The molecule has 0 saturated heterocycles. The maximum atomic E-state index is 15.3. The van der Waals surface area contributed by atoms with Crippen molar-refractivity contribution in [2.45, 2.75) is 65.1 Å². The first kappa shape index (κ1) is 28.1. The molecule has 1 aromatic heterocycles. The van der Waals surface area contributed by atoms with Gasteiger partial charge in [0.1, 0.15) is 0 Å². The molecule has 2 aliphatic rings. The van der Waals surface area contributed by atoms with E-state index in [4.69, 9.17) is 9.72 Å². The van der Waals surface area contributed by atoms with Gasteiger partial charge in [-0.3, -0.25) is 14.7 Å². The van der Waals surface area contributed by atoms with E-state index in [1.165, 1.54) is 18.2 Å². The molecule has 5 rings (SSSR count). The number of fused-ring (bicyclic) bond motifs is 2. The summed E-state index contributed by atoms with van der Waals surface area (Å²) < 4.78 is 60.2. The van der Waals surface area contributed by atoms with E-state index in [2.05, 4.69) is 4.90 Å². The van der Waals surface area contributed by atoms with Gasteiger partial charge in [-0.05, 0) is 91.6 Å². The molecule has 1 N–H and O–H groups in total. The molecule has 5 nitrogen and oxygen atoms in total. The minimum atomic E-state index is -4.37. The fourth-order valence-corrected chi connectivity index (χ4v) is 6.00. The van der Waals surface area contributed by atoms with Gasteiger partial charge in [-0.25, -0.2) is 4.39 Å². The van der Waals surface area contributed by atoms with Crippen LogP contribution in [0.3, 0.4) is 0 Å². The molecule has 0 atom stereocenters. The Kier molecular flexibility index (Phi) is 7.86. The van der Waals surface area contributed by atoms with Gasteiger partial charge in [0.2, 0.25) is 0 Å². The van der Waals surface area contributed by atoms with Crippen molar-refractivity contribution in [3.05, 3.63) is 80.9 Å². The number of carbonyl (C=O) groups is 1. The second-order valence-electron chi connectivity index (χ2n) is 10.7. The Balaban J connectivity index is 1.46. The monoisotopic (exact) mass is 556 g/mol. The van der Waals surface area contributed by atoms with Crippen LogP contribution in [0, 0.1) is 19.7 Å². The van der Waals surface area contributed by atoms with Crippen LogP contribution < -0.4 is 4.74 Å². The van der Waals surface area contributed by atoms with Crippen LogP contribution in [0.2, 0.25) is 0 Å². The summed E-state index contributed by atoms with van der Waals surface area (Å²) in [6, 6.07) is 6.89. The highest BCUT2D eigenvalue weighted by Crippen LogP contribution is 2.42. The van der Waals surface area contributed by atoms with Crippen LogP contribution >= 0.6 is 0 Å². The molecule has 0 unspecified atom stereocenters. The first-order valence-electron chi connectivity index (χ1n) is 13.6. The second-order valence-corrected chi connectivity index (χ2v) is 10.7. The first-order valence-corrected chi connectivity index (χ1v) is 13.6. The summed E-state index contributed by atoms with van der Waals surface area (Å²) in [6.07, 6.45) is -1.31. The van der Waals surface area contributed by atoms with Gasteiger partial charge in [0.25, 0.3) is 0 Å². The van der Waals surface area contributed by atoms with Gasteiger partial charge in [-0.15, -0.1) is 0 Å². The van der Waals surface area contributed by atoms with E-state index >= 15 is 4.39 Å². The first-order chi connectivity index (χ1) is 19.0. The van der Waals surface area contributed by atoms with Gasteiger partial charge in [0.15, 0.2) is 11.6 Å². The molecule has 0 aliphatic carbocycles. The number of hydrogen-bond acceptors (Lipinski definition) is 4. The Hall–Kier alpha value is -3.46. The summed E-state index contributed by atoms with van der Waals surface area (Å²) in [5.41, 5.74) is 6.08. The number of aromatic nitrogens is 1. The number of carboxylic acids is 1. The zero-order chi connectivity index (χ0) is 28.6. The van der Waals surface area contributed by atoms with E-state index in [1.807, 2.05) is 6.92 Å². The third-order valence-corrected chi connectivity index (χ3v) is 7.97. The molecule has 2 aliphatic heterocycles. The molecule has 0 saturated carbocycles. The molecule has 0 radical (unpaired) electrons. The highest BCUT2D eigenvalue weighted by atomic mass is 19.4. The molecule has 40 heavy (non-hydrogen) atoms. The predicted octanol–water partition coefficient (Wildman–Crippen LogP) is 6.47. The Bertz CT molecular complexity index is 1450. The number of aliphatic carboxylic acids is 1. The zero-order valence-electron chi connectivity index (χ0n) is 22.6. The van der Waals surface area contributed by atoms with Crippen LogP contribution in [0.25, 0.3) is 11.1 Å².